The summed E-state index contributed by atoms with van der Waals surface area (Å²) in [6, 6.07) is 0. The highest BCUT2D eigenvalue weighted by Crippen LogP contribution is 2.15. The van der Waals surface area contributed by atoms with Gasteiger partial charge >= 0.3 is 0 Å². The zero-order valence-electron chi connectivity index (χ0n) is 4.89. The van der Waals surface area contributed by atoms with E-state index in [1.807, 2.05) is 13.0 Å². The minimum absolute atomic E-state index is 0.0937. The first-order chi connectivity index (χ1) is 3.79. The predicted molar refractivity (Wildman–Crippen MR) is 32.1 cm³/mol. The molecular formula is C7H9F. The predicted octanol–water partition coefficient (Wildman–Crippen LogP) is 2.44. The summed E-state index contributed by atoms with van der Waals surface area (Å²) in [5.74, 6) is 0.295. The third-order valence-electron chi connectivity index (χ3n) is 1.23. The number of halogens is 1. The number of rotatable bonds is 0. The van der Waals surface area contributed by atoms with Crippen LogP contribution in [0, 0.1) is 5.92 Å². The first kappa shape index (κ1) is 5.54. The van der Waals surface area contributed by atoms with Gasteiger partial charge in [-0.25, -0.2) is 4.39 Å². The van der Waals surface area contributed by atoms with E-state index < -0.39 is 0 Å². The van der Waals surface area contributed by atoms with E-state index in [9.17, 15) is 4.39 Å². The van der Waals surface area contributed by atoms with Crippen LogP contribution in [-0.4, -0.2) is 0 Å². The summed E-state index contributed by atoms with van der Waals surface area (Å²) in [6.45, 7) is 2.00. The molecule has 1 aliphatic carbocycles. The van der Waals surface area contributed by atoms with E-state index in [4.69, 9.17) is 0 Å². The van der Waals surface area contributed by atoms with Crippen LogP contribution in [0.15, 0.2) is 24.1 Å². The lowest BCUT2D eigenvalue weighted by Crippen LogP contribution is -1.91. The van der Waals surface area contributed by atoms with E-state index >= 15 is 0 Å². The standard InChI is InChI=1S/C7H9F/c1-6-3-2-4-7(8)5-6/h2,4-6H,3H2,1H3/t6-/m1/s1. The maximum absolute atomic E-state index is 12.2. The maximum Gasteiger partial charge on any atom is 0.119 e. The number of allylic oxidation sites excluding steroid dienone is 4. The van der Waals surface area contributed by atoms with E-state index in [1.54, 1.807) is 6.08 Å². The van der Waals surface area contributed by atoms with Crippen molar-refractivity contribution in [3.63, 3.8) is 0 Å². The molecule has 1 atom stereocenters. The van der Waals surface area contributed by atoms with Crippen molar-refractivity contribution in [1.29, 1.82) is 0 Å². The summed E-state index contributed by atoms with van der Waals surface area (Å²) >= 11 is 0. The second-order valence-corrected chi connectivity index (χ2v) is 2.17. The quantitative estimate of drug-likeness (QED) is 0.451. The largest absolute Gasteiger partial charge is 0.207 e. The van der Waals surface area contributed by atoms with Gasteiger partial charge < -0.3 is 0 Å². The smallest absolute Gasteiger partial charge is 0.119 e. The van der Waals surface area contributed by atoms with Crippen molar-refractivity contribution in [2.24, 2.45) is 5.92 Å². The Kier molecular flexibility index (Phi) is 1.47. The Morgan fingerprint density at radius 2 is 2.50 bits per heavy atom. The molecule has 0 aromatic heterocycles. The summed E-state index contributed by atoms with van der Waals surface area (Å²) < 4.78 is 12.2. The molecule has 1 aliphatic rings. The van der Waals surface area contributed by atoms with Gasteiger partial charge in [-0.2, -0.15) is 0 Å². The zero-order chi connectivity index (χ0) is 5.98. The van der Waals surface area contributed by atoms with Crippen LogP contribution in [0.3, 0.4) is 0 Å². The molecule has 44 valence electrons. The van der Waals surface area contributed by atoms with E-state index in [1.165, 1.54) is 6.08 Å². The van der Waals surface area contributed by atoms with Gasteiger partial charge in [0.05, 0.1) is 0 Å². The van der Waals surface area contributed by atoms with Gasteiger partial charge in [0, 0.05) is 0 Å². The van der Waals surface area contributed by atoms with Gasteiger partial charge in [0.2, 0.25) is 0 Å². The van der Waals surface area contributed by atoms with Gasteiger partial charge in [-0.15, -0.1) is 0 Å². The molecule has 0 fully saturated rings. The molecule has 0 nitrogen and oxygen atoms in total. The van der Waals surface area contributed by atoms with Crippen LogP contribution in [0.25, 0.3) is 0 Å². The Labute approximate surface area is 48.7 Å². The zero-order valence-corrected chi connectivity index (χ0v) is 4.89. The summed E-state index contributed by atoms with van der Waals surface area (Å²) in [5.41, 5.74) is 0. The Hall–Kier alpha value is -0.590. The van der Waals surface area contributed by atoms with Crippen LogP contribution >= 0.6 is 0 Å². The normalized spacial score (nSPS) is 27.8. The van der Waals surface area contributed by atoms with E-state index in [2.05, 4.69) is 0 Å². The molecule has 0 N–H and O–H groups in total. The van der Waals surface area contributed by atoms with Crippen LogP contribution in [0.2, 0.25) is 0 Å². The summed E-state index contributed by atoms with van der Waals surface area (Å²) in [4.78, 5) is 0. The first-order valence-electron chi connectivity index (χ1n) is 2.83. The van der Waals surface area contributed by atoms with Crippen molar-refractivity contribution in [3.05, 3.63) is 24.1 Å². The van der Waals surface area contributed by atoms with Crippen molar-refractivity contribution in [2.75, 3.05) is 0 Å². The molecule has 0 saturated carbocycles. The molecule has 0 spiro atoms. The van der Waals surface area contributed by atoms with Gasteiger partial charge in [0.15, 0.2) is 0 Å². The number of hydrogen-bond donors (Lipinski definition) is 0. The summed E-state index contributed by atoms with van der Waals surface area (Å²) in [5, 5.41) is 0. The van der Waals surface area contributed by atoms with Crippen molar-refractivity contribution in [3.8, 4) is 0 Å². The van der Waals surface area contributed by atoms with Crippen molar-refractivity contribution >= 4 is 0 Å². The molecule has 1 heteroatoms. The molecule has 0 unspecified atom stereocenters. The van der Waals surface area contributed by atoms with Gasteiger partial charge in [-0.3, -0.25) is 0 Å². The van der Waals surface area contributed by atoms with Crippen molar-refractivity contribution in [1.82, 2.24) is 0 Å². The summed E-state index contributed by atoms with van der Waals surface area (Å²) in [6.07, 6.45) is 5.99. The Bertz CT molecular complexity index is 133. The second kappa shape index (κ2) is 2.12. The molecule has 8 heavy (non-hydrogen) atoms. The van der Waals surface area contributed by atoms with Crippen LogP contribution < -0.4 is 0 Å². The minimum Gasteiger partial charge on any atom is -0.207 e. The molecule has 0 heterocycles. The molecule has 0 aromatic carbocycles. The van der Waals surface area contributed by atoms with Crippen molar-refractivity contribution < 1.29 is 4.39 Å². The van der Waals surface area contributed by atoms with E-state index in [-0.39, 0.29) is 5.83 Å². The topological polar surface area (TPSA) is 0 Å². The molecule has 1 rings (SSSR count). The highest BCUT2D eigenvalue weighted by atomic mass is 19.1. The lowest BCUT2D eigenvalue weighted by molar-refractivity contribution is 0.616. The van der Waals surface area contributed by atoms with Gasteiger partial charge in [-0.1, -0.05) is 13.0 Å². The molecule has 0 aromatic rings. The van der Waals surface area contributed by atoms with E-state index in [0.29, 0.717) is 5.92 Å². The number of hydrogen-bond acceptors (Lipinski definition) is 0. The second-order valence-electron chi connectivity index (χ2n) is 2.17. The lowest BCUT2D eigenvalue weighted by atomic mass is 10.0. The molecular weight excluding hydrogens is 103 g/mol. The Balaban J connectivity index is 2.63. The molecule has 0 bridgehead atoms. The fourth-order valence-corrected chi connectivity index (χ4v) is 0.791. The van der Waals surface area contributed by atoms with Crippen LogP contribution in [0.4, 0.5) is 4.39 Å². The molecule has 0 saturated heterocycles. The molecule has 0 radical (unpaired) electrons. The van der Waals surface area contributed by atoms with Crippen LogP contribution in [0.1, 0.15) is 13.3 Å². The van der Waals surface area contributed by atoms with Crippen molar-refractivity contribution in [2.45, 2.75) is 13.3 Å². The van der Waals surface area contributed by atoms with Crippen LogP contribution in [0.5, 0.6) is 0 Å². The van der Waals surface area contributed by atoms with Crippen LogP contribution in [-0.2, 0) is 0 Å². The molecule has 0 aliphatic heterocycles. The SMILES string of the molecule is C[C@H]1C=C(F)C=CC1. The van der Waals surface area contributed by atoms with E-state index in [0.717, 1.165) is 6.42 Å². The third-order valence-corrected chi connectivity index (χ3v) is 1.23. The maximum atomic E-state index is 12.2. The molecule has 0 amide bonds. The van der Waals surface area contributed by atoms with Gasteiger partial charge in [0.1, 0.15) is 5.83 Å². The highest BCUT2D eigenvalue weighted by molar-refractivity contribution is 5.16. The fourth-order valence-electron chi connectivity index (χ4n) is 0.791. The highest BCUT2D eigenvalue weighted by Gasteiger charge is 2.00. The monoisotopic (exact) mass is 112 g/mol. The van der Waals surface area contributed by atoms with Gasteiger partial charge in [0.25, 0.3) is 0 Å². The fraction of sp³-hybridized carbons (Fsp3) is 0.429. The summed E-state index contributed by atoms with van der Waals surface area (Å²) in [7, 11) is 0. The lowest BCUT2D eigenvalue weighted by Gasteiger charge is -2.04. The minimum atomic E-state index is -0.0937. The Morgan fingerprint density at radius 3 is 2.88 bits per heavy atom. The third kappa shape index (κ3) is 1.19. The Morgan fingerprint density at radius 1 is 1.75 bits per heavy atom. The van der Waals surface area contributed by atoms with Gasteiger partial charge in [-0.05, 0) is 24.5 Å². The average Bonchev–Trinajstić information content (AvgIpc) is 1.64. The first-order valence-corrected chi connectivity index (χ1v) is 2.83. The average molecular weight is 112 g/mol.